The van der Waals surface area contributed by atoms with Gasteiger partial charge in [0, 0.05) is 6.20 Å². The maximum absolute atomic E-state index is 10.3. The molecule has 0 rings (SSSR count). The van der Waals surface area contributed by atoms with Crippen LogP contribution >= 0.6 is 0 Å². The van der Waals surface area contributed by atoms with Crippen LogP contribution in [0.25, 0.3) is 0 Å². The first-order valence-corrected chi connectivity index (χ1v) is 2.43. The first-order chi connectivity index (χ1) is 4.31. The minimum absolute atomic E-state index is 0.479. The lowest BCUT2D eigenvalue weighted by Crippen LogP contribution is -2.15. The van der Waals surface area contributed by atoms with E-state index in [-0.39, 0.29) is 0 Å². The molecular weight excluding hydrogens is 118 g/mol. The number of rotatable bonds is 2. The first kappa shape index (κ1) is 7.75. The fraction of sp³-hybridized carbons (Fsp3) is 0.167. The molecule has 0 saturated carbocycles. The van der Waals surface area contributed by atoms with Gasteiger partial charge in [-0.05, 0) is 6.08 Å². The molecule has 0 spiro atoms. The molecule has 0 unspecified atom stereocenters. The second-order valence-corrected chi connectivity index (χ2v) is 1.23. The minimum Gasteiger partial charge on any atom is -0.453 e. The zero-order valence-electron chi connectivity index (χ0n) is 5.26. The second kappa shape index (κ2) is 4.90. The third-order valence-electron chi connectivity index (χ3n) is 0.619. The Labute approximate surface area is 54.0 Å². The van der Waals surface area contributed by atoms with Gasteiger partial charge in [-0.2, -0.15) is 0 Å². The third-order valence-corrected chi connectivity index (χ3v) is 0.619. The number of methoxy groups -OCH3 is 1. The van der Waals surface area contributed by atoms with Crippen molar-refractivity contribution in [1.29, 1.82) is 0 Å². The maximum Gasteiger partial charge on any atom is 0.410 e. The molecule has 0 bridgehead atoms. The van der Waals surface area contributed by atoms with Gasteiger partial charge in [-0.25, -0.2) is 4.79 Å². The molecule has 0 aromatic carbocycles. The van der Waals surface area contributed by atoms with Gasteiger partial charge in [0.15, 0.2) is 0 Å². The standard InChI is InChI=1S/C6H9NO2/c1-3-4-5-7-6(8)9-2/h3-5H,1H2,2H3,(H,7,8). The molecule has 0 aliphatic carbocycles. The highest BCUT2D eigenvalue weighted by atomic mass is 16.5. The van der Waals surface area contributed by atoms with Crippen molar-refractivity contribution in [3.63, 3.8) is 0 Å². The van der Waals surface area contributed by atoms with Gasteiger partial charge in [0.1, 0.15) is 0 Å². The molecule has 0 fully saturated rings. The molecule has 1 N–H and O–H groups in total. The number of nitrogens with one attached hydrogen (secondary N) is 1. The van der Waals surface area contributed by atoms with Gasteiger partial charge in [-0.3, -0.25) is 5.32 Å². The lowest BCUT2D eigenvalue weighted by molar-refractivity contribution is 0.175. The van der Waals surface area contributed by atoms with Crippen LogP contribution in [0.1, 0.15) is 0 Å². The summed E-state index contributed by atoms with van der Waals surface area (Å²) in [5, 5.41) is 2.32. The SMILES string of the molecule is C=CC=CNC(=O)OC. The zero-order valence-corrected chi connectivity index (χ0v) is 5.26. The Hall–Kier alpha value is -1.25. The maximum atomic E-state index is 10.3. The highest BCUT2D eigenvalue weighted by Gasteiger charge is 1.88. The fourth-order valence-electron chi connectivity index (χ4n) is 0.243. The predicted molar refractivity (Wildman–Crippen MR) is 34.9 cm³/mol. The number of ether oxygens (including phenoxy) is 1. The van der Waals surface area contributed by atoms with E-state index in [1.165, 1.54) is 13.3 Å². The lowest BCUT2D eigenvalue weighted by atomic mass is 10.6. The van der Waals surface area contributed by atoms with Crippen LogP contribution in [0.15, 0.2) is 24.9 Å². The normalized spacial score (nSPS) is 9.00. The number of alkyl carbamates (subject to hydrolysis) is 1. The van der Waals surface area contributed by atoms with Crippen LogP contribution in [0.2, 0.25) is 0 Å². The van der Waals surface area contributed by atoms with Crippen LogP contribution in [0.5, 0.6) is 0 Å². The number of hydrogen-bond donors (Lipinski definition) is 1. The molecule has 3 heteroatoms. The quantitative estimate of drug-likeness (QED) is 0.563. The van der Waals surface area contributed by atoms with Crippen molar-refractivity contribution in [2.45, 2.75) is 0 Å². The van der Waals surface area contributed by atoms with Crippen molar-refractivity contribution < 1.29 is 9.53 Å². The Balaban J connectivity index is 3.37. The van der Waals surface area contributed by atoms with Gasteiger partial charge in [0.05, 0.1) is 7.11 Å². The molecule has 9 heavy (non-hydrogen) atoms. The molecule has 0 aliphatic heterocycles. The Bertz CT molecular complexity index is 129. The van der Waals surface area contributed by atoms with E-state index >= 15 is 0 Å². The van der Waals surface area contributed by atoms with Gasteiger partial charge >= 0.3 is 6.09 Å². The van der Waals surface area contributed by atoms with Gasteiger partial charge in [-0.15, -0.1) is 0 Å². The second-order valence-electron chi connectivity index (χ2n) is 1.23. The summed E-state index contributed by atoms with van der Waals surface area (Å²) >= 11 is 0. The summed E-state index contributed by atoms with van der Waals surface area (Å²) in [6.07, 6.45) is 4.11. The highest BCUT2D eigenvalue weighted by Crippen LogP contribution is 1.71. The molecule has 3 nitrogen and oxygen atoms in total. The monoisotopic (exact) mass is 127 g/mol. The van der Waals surface area contributed by atoms with Gasteiger partial charge in [-0.1, -0.05) is 12.7 Å². The van der Waals surface area contributed by atoms with E-state index in [0.29, 0.717) is 0 Å². The first-order valence-electron chi connectivity index (χ1n) is 2.43. The van der Waals surface area contributed by atoms with E-state index in [4.69, 9.17) is 0 Å². The van der Waals surface area contributed by atoms with Crippen molar-refractivity contribution >= 4 is 6.09 Å². The average Bonchev–Trinajstić information content (AvgIpc) is 1.89. The van der Waals surface area contributed by atoms with Gasteiger partial charge < -0.3 is 4.74 Å². The van der Waals surface area contributed by atoms with Crippen LogP contribution in [0.3, 0.4) is 0 Å². The molecule has 0 atom stereocenters. The van der Waals surface area contributed by atoms with Crippen LogP contribution in [0, 0.1) is 0 Å². The van der Waals surface area contributed by atoms with Crippen LogP contribution in [0.4, 0.5) is 4.79 Å². The topological polar surface area (TPSA) is 38.3 Å². The minimum atomic E-state index is -0.479. The Morgan fingerprint density at radius 1 is 1.78 bits per heavy atom. The molecule has 1 amide bonds. The van der Waals surface area contributed by atoms with E-state index in [9.17, 15) is 4.79 Å². The number of hydrogen-bond acceptors (Lipinski definition) is 2. The Morgan fingerprint density at radius 2 is 2.44 bits per heavy atom. The number of allylic oxidation sites excluding steroid dienone is 2. The summed E-state index contributed by atoms with van der Waals surface area (Å²) in [5.74, 6) is 0. The Morgan fingerprint density at radius 3 is 2.89 bits per heavy atom. The number of amides is 1. The van der Waals surface area contributed by atoms with Gasteiger partial charge in [0.2, 0.25) is 0 Å². The summed E-state index contributed by atoms with van der Waals surface area (Å²) in [4.78, 5) is 10.3. The van der Waals surface area contributed by atoms with E-state index in [1.807, 2.05) is 0 Å². The van der Waals surface area contributed by atoms with Crippen LogP contribution in [-0.4, -0.2) is 13.2 Å². The molecule has 0 radical (unpaired) electrons. The van der Waals surface area contributed by atoms with E-state index in [2.05, 4.69) is 16.6 Å². The summed E-state index contributed by atoms with van der Waals surface area (Å²) in [6, 6.07) is 0. The van der Waals surface area contributed by atoms with Crippen molar-refractivity contribution in [3.8, 4) is 0 Å². The summed E-state index contributed by atoms with van der Waals surface area (Å²) in [5.41, 5.74) is 0. The summed E-state index contributed by atoms with van der Waals surface area (Å²) in [7, 11) is 1.30. The molecule has 0 aliphatic rings. The molecule has 0 saturated heterocycles. The van der Waals surface area contributed by atoms with Crippen LogP contribution in [-0.2, 0) is 4.74 Å². The fourth-order valence-corrected chi connectivity index (χ4v) is 0.243. The number of carbonyl (C=O) groups is 1. The Kier molecular flexibility index (Phi) is 4.22. The van der Waals surface area contributed by atoms with E-state index in [1.54, 1.807) is 12.2 Å². The third kappa shape index (κ3) is 4.61. The van der Waals surface area contributed by atoms with E-state index in [0.717, 1.165) is 0 Å². The molecule has 0 heterocycles. The molecule has 0 aromatic rings. The van der Waals surface area contributed by atoms with Gasteiger partial charge in [0.25, 0.3) is 0 Å². The van der Waals surface area contributed by atoms with Crippen molar-refractivity contribution in [2.24, 2.45) is 0 Å². The van der Waals surface area contributed by atoms with Crippen molar-refractivity contribution in [2.75, 3.05) is 7.11 Å². The summed E-state index contributed by atoms with van der Waals surface area (Å²) in [6.45, 7) is 3.40. The average molecular weight is 127 g/mol. The zero-order chi connectivity index (χ0) is 7.11. The smallest absolute Gasteiger partial charge is 0.410 e. The number of carbonyl (C=O) groups excluding carboxylic acids is 1. The largest absolute Gasteiger partial charge is 0.453 e. The highest BCUT2D eigenvalue weighted by molar-refractivity contribution is 5.68. The predicted octanol–water partition coefficient (Wildman–Crippen LogP) is 1.04. The lowest BCUT2D eigenvalue weighted by Gasteiger charge is -1.93. The molecule has 50 valence electrons. The van der Waals surface area contributed by atoms with E-state index < -0.39 is 6.09 Å². The van der Waals surface area contributed by atoms with Crippen molar-refractivity contribution in [1.82, 2.24) is 5.32 Å². The molecular formula is C6H9NO2. The van der Waals surface area contributed by atoms with Crippen molar-refractivity contribution in [3.05, 3.63) is 24.9 Å². The van der Waals surface area contributed by atoms with Crippen LogP contribution < -0.4 is 5.32 Å². The summed E-state index contributed by atoms with van der Waals surface area (Å²) < 4.78 is 4.26. The molecule has 0 aromatic heterocycles.